The van der Waals surface area contributed by atoms with Gasteiger partial charge in [-0.1, -0.05) is 30.3 Å². The predicted octanol–water partition coefficient (Wildman–Crippen LogP) is 2.79. The lowest BCUT2D eigenvalue weighted by Crippen LogP contribution is -2.34. The van der Waals surface area contributed by atoms with Crippen molar-refractivity contribution >= 4 is 29.7 Å². The Hall–Kier alpha value is -4.86. The van der Waals surface area contributed by atoms with Crippen LogP contribution in [0.4, 0.5) is 5.69 Å². The molecule has 3 aromatic carbocycles. The van der Waals surface area contributed by atoms with Gasteiger partial charge in [-0.15, -0.1) is 0 Å². The summed E-state index contributed by atoms with van der Waals surface area (Å²) >= 11 is 0. The van der Waals surface area contributed by atoms with Crippen LogP contribution in [0.5, 0.6) is 5.75 Å². The zero-order valence-electron chi connectivity index (χ0n) is 18.3. The third-order valence-corrected chi connectivity index (χ3v) is 5.48. The van der Waals surface area contributed by atoms with Crippen molar-refractivity contribution in [2.45, 2.75) is 5.92 Å². The highest BCUT2D eigenvalue weighted by Gasteiger charge is 2.40. The van der Waals surface area contributed by atoms with E-state index >= 15 is 0 Å². The number of rotatable bonds is 7. The maximum atomic E-state index is 12.6. The van der Waals surface area contributed by atoms with E-state index in [9.17, 15) is 24.5 Å². The van der Waals surface area contributed by atoms with Crippen molar-refractivity contribution in [2.75, 3.05) is 6.54 Å². The van der Waals surface area contributed by atoms with Gasteiger partial charge in [-0.2, -0.15) is 5.10 Å². The molecule has 1 saturated heterocycles. The summed E-state index contributed by atoms with van der Waals surface area (Å²) in [6.07, 6.45) is 1.41. The number of nitrogens with one attached hydrogen (secondary N) is 2. The van der Waals surface area contributed by atoms with Gasteiger partial charge in [-0.3, -0.25) is 19.7 Å². The van der Waals surface area contributed by atoms with E-state index in [1.165, 1.54) is 30.5 Å². The van der Waals surface area contributed by atoms with Crippen LogP contribution in [0, 0.1) is 16.0 Å². The molecule has 0 saturated carbocycles. The van der Waals surface area contributed by atoms with E-state index in [4.69, 9.17) is 4.74 Å². The molecule has 2 amide bonds. The average molecular weight is 472 g/mol. The second-order valence-electron chi connectivity index (χ2n) is 7.74. The van der Waals surface area contributed by atoms with Gasteiger partial charge in [0.15, 0.2) is 0 Å². The molecule has 0 bridgehead atoms. The van der Waals surface area contributed by atoms with Crippen LogP contribution in [0.1, 0.15) is 27.4 Å². The van der Waals surface area contributed by atoms with Gasteiger partial charge in [0.2, 0.25) is 5.91 Å². The summed E-state index contributed by atoms with van der Waals surface area (Å²) in [5.74, 6) is -2.39. The van der Waals surface area contributed by atoms with Crippen molar-refractivity contribution in [3.63, 3.8) is 0 Å². The first-order chi connectivity index (χ1) is 16.9. The number of ether oxygens (including phenoxy) is 1. The molecule has 2 atom stereocenters. The Morgan fingerprint density at radius 2 is 1.71 bits per heavy atom. The number of carbonyl (C=O) groups excluding carboxylic acids is 3. The minimum atomic E-state index is -0.879. The fourth-order valence-corrected chi connectivity index (χ4v) is 3.68. The van der Waals surface area contributed by atoms with Crippen molar-refractivity contribution in [3.05, 3.63) is 106 Å². The Labute approximate surface area is 199 Å². The lowest BCUT2D eigenvalue weighted by atomic mass is 9.88. The molecule has 10 nitrogen and oxygen atoms in total. The normalized spacial score (nSPS) is 17.1. The minimum Gasteiger partial charge on any atom is -0.423 e. The molecule has 4 rings (SSSR count). The van der Waals surface area contributed by atoms with Gasteiger partial charge in [-0.25, -0.2) is 10.2 Å². The molecule has 1 heterocycles. The highest BCUT2D eigenvalue weighted by molar-refractivity contribution is 6.03. The Bertz CT molecular complexity index is 1270. The van der Waals surface area contributed by atoms with Crippen LogP contribution in [0.15, 0.2) is 84.0 Å². The first kappa shape index (κ1) is 23.3. The van der Waals surface area contributed by atoms with Gasteiger partial charge in [-0.05, 0) is 47.5 Å². The highest BCUT2D eigenvalue weighted by atomic mass is 16.6. The summed E-state index contributed by atoms with van der Waals surface area (Å²) in [5, 5.41) is 17.4. The van der Waals surface area contributed by atoms with E-state index in [1.807, 2.05) is 30.3 Å². The number of hydrogen-bond donors (Lipinski definition) is 2. The lowest BCUT2D eigenvalue weighted by Gasteiger charge is -2.15. The fraction of sp³-hybridized carbons (Fsp3) is 0.120. The third-order valence-electron chi connectivity index (χ3n) is 5.48. The summed E-state index contributed by atoms with van der Waals surface area (Å²) in [6.45, 7) is 0.380. The van der Waals surface area contributed by atoms with E-state index in [0.717, 1.165) is 5.56 Å². The van der Waals surface area contributed by atoms with Crippen LogP contribution in [0.2, 0.25) is 0 Å². The molecule has 35 heavy (non-hydrogen) atoms. The third kappa shape index (κ3) is 5.56. The van der Waals surface area contributed by atoms with E-state index < -0.39 is 22.7 Å². The molecular formula is C25H20N4O6. The largest absolute Gasteiger partial charge is 0.423 e. The molecule has 1 aliphatic heterocycles. The maximum absolute atomic E-state index is 12.6. The Balaban J connectivity index is 1.33. The van der Waals surface area contributed by atoms with E-state index in [-0.39, 0.29) is 28.8 Å². The van der Waals surface area contributed by atoms with Crippen LogP contribution in [-0.2, 0) is 9.59 Å². The monoisotopic (exact) mass is 472 g/mol. The molecule has 1 fully saturated rings. The molecule has 0 aromatic heterocycles. The molecule has 0 aliphatic carbocycles. The molecule has 0 spiro atoms. The topological polar surface area (TPSA) is 140 Å². The number of hydrazone groups is 1. The second kappa shape index (κ2) is 10.4. The Morgan fingerprint density at radius 3 is 2.37 bits per heavy atom. The van der Waals surface area contributed by atoms with Crippen molar-refractivity contribution < 1.29 is 24.0 Å². The summed E-state index contributed by atoms with van der Waals surface area (Å²) < 4.78 is 5.26. The Morgan fingerprint density at radius 1 is 1.03 bits per heavy atom. The molecule has 1 aliphatic rings. The molecule has 10 heteroatoms. The molecule has 0 unspecified atom stereocenters. The number of benzene rings is 3. The number of nitrogens with zero attached hydrogens (tertiary/aromatic N) is 2. The second-order valence-corrected chi connectivity index (χ2v) is 7.74. The van der Waals surface area contributed by atoms with Crippen LogP contribution >= 0.6 is 0 Å². The van der Waals surface area contributed by atoms with Gasteiger partial charge in [0, 0.05) is 24.6 Å². The predicted molar refractivity (Wildman–Crippen MR) is 126 cm³/mol. The fourth-order valence-electron chi connectivity index (χ4n) is 3.68. The quantitative estimate of drug-likeness (QED) is 0.135. The van der Waals surface area contributed by atoms with Gasteiger partial charge in [0.1, 0.15) is 11.7 Å². The SMILES string of the molecule is O=C(Oc1ccc(C=NNC(=O)[C@@H]2C(=O)NC[C@H]2c2ccccc2)cc1)c1ccc([N+](=O)[O-])cc1. The number of esters is 1. The number of nitro benzene ring substituents is 1. The molecule has 176 valence electrons. The van der Waals surface area contributed by atoms with E-state index in [2.05, 4.69) is 15.8 Å². The number of non-ortho nitro benzene ring substituents is 1. The van der Waals surface area contributed by atoms with Crippen LogP contribution in [0.3, 0.4) is 0 Å². The van der Waals surface area contributed by atoms with Crippen molar-refractivity contribution in [3.8, 4) is 5.75 Å². The van der Waals surface area contributed by atoms with E-state index in [1.54, 1.807) is 24.3 Å². The average Bonchev–Trinajstić information content (AvgIpc) is 3.27. The van der Waals surface area contributed by atoms with Gasteiger partial charge >= 0.3 is 5.97 Å². The molecule has 0 radical (unpaired) electrons. The van der Waals surface area contributed by atoms with Crippen LogP contribution in [-0.4, -0.2) is 35.5 Å². The van der Waals surface area contributed by atoms with Crippen LogP contribution in [0.25, 0.3) is 0 Å². The van der Waals surface area contributed by atoms with Gasteiger partial charge in [0.25, 0.3) is 11.6 Å². The Kier molecular flexibility index (Phi) is 6.91. The first-order valence-electron chi connectivity index (χ1n) is 10.6. The van der Waals surface area contributed by atoms with Gasteiger partial charge in [0.05, 0.1) is 16.7 Å². The summed E-state index contributed by atoms with van der Waals surface area (Å²) in [7, 11) is 0. The smallest absolute Gasteiger partial charge is 0.343 e. The maximum Gasteiger partial charge on any atom is 0.343 e. The standard InChI is InChI=1S/C25H20N4O6/c30-23-22(21(15-26-23)17-4-2-1-3-5-17)24(31)28-27-14-16-6-12-20(13-7-16)35-25(32)18-8-10-19(11-9-18)29(33)34/h1-14,21-22H,15H2,(H,26,30)(H,28,31)/t21-,22-/m0/s1. The summed E-state index contributed by atoms with van der Waals surface area (Å²) in [5.41, 5.74) is 3.99. The zero-order chi connectivity index (χ0) is 24.8. The van der Waals surface area contributed by atoms with Gasteiger partial charge < -0.3 is 10.1 Å². The minimum absolute atomic E-state index is 0.124. The molecule has 2 N–H and O–H groups in total. The van der Waals surface area contributed by atoms with Crippen molar-refractivity contribution in [1.29, 1.82) is 0 Å². The molecular weight excluding hydrogens is 452 g/mol. The zero-order valence-corrected chi connectivity index (χ0v) is 18.3. The lowest BCUT2D eigenvalue weighted by molar-refractivity contribution is -0.384. The first-order valence-corrected chi connectivity index (χ1v) is 10.6. The van der Waals surface area contributed by atoms with Crippen molar-refractivity contribution in [2.24, 2.45) is 11.0 Å². The summed E-state index contributed by atoms with van der Waals surface area (Å²) in [4.78, 5) is 47.2. The number of hydrogen-bond acceptors (Lipinski definition) is 7. The summed E-state index contributed by atoms with van der Waals surface area (Å²) in [6, 6.07) is 20.8. The number of amides is 2. The molecule has 3 aromatic rings. The number of carbonyl (C=O) groups is 3. The number of nitro groups is 1. The van der Waals surface area contributed by atoms with Crippen LogP contribution < -0.4 is 15.5 Å². The van der Waals surface area contributed by atoms with Crippen molar-refractivity contribution in [1.82, 2.24) is 10.7 Å². The highest BCUT2D eigenvalue weighted by Crippen LogP contribution is 2.29. The van der Waals surface area contributed by atoms with E-state index in [0.29, 0.717) is 12.1 Å².